The van der Waals surface area contributed by atoms with Gasteiger partial charge in [0.05, 0.1) is 12.2 Å². The number of rotatable bonds is 2. The number of sulfonamides is 1. The molecule has 0 spiro atoms. The molecule has 3 heterocycles. The van der Waals surface area contributed by atoms with Gasteiger partial charge in [0.2, 0.25) is 16.0 Å². The zero-order valence-corrected chi connectivity index (χ0v) is 17.7. The summed E-state index contributed by atoms with van der Waals surface area (Å²) >= 11 is 0. The molecule has 0 radical (unpaired) electrons. The fourth-order valence-electron chi connectivity index (χ4n) is 3.85. The highest BCUT2D eigenvalue weighted by atomic mass is 32.2. The van der Waals surface area contributed by atoms with Crippen LogP contribution in [0.2, 0.25) is 0 Å². The number of ether oxygens (including phenoxy) is 1. The third-order valence-corrected chi connectivity index (χ3v) is 7.95. The lowest BCUT2D eigenvalue weighted by Crippen LogP contribution is -2.56. The van der Waals surface area contributed by atoms with Crippen LogP contribution in [-0.2, 0) is 15.6 Å². The minimum absolute atomic E-state index is 0.108. The number of hydrogen-bond acceptors (Lipinski definition) is 8. The van der Waals surface area contributed by atoms with Crippen molar-refractivity contribution in [2.45, 2.75) is 24.1 Å². The average Bonchev–Trinajstić information content (AvgIpc) is 2.89. The van der Waals surface area contributed by atoms with Gasteiger partial charge in [0, 0.05) is 30.9 Å². The molecule has 2 aliphatic heterocycles. The second-order valence-electron chi connectivity index (χ2n) is 7.46. The minimum atomic E-state index is -3.75. The molecule has 10 nitrogen and oxygen atoms in total. The number of amides is 1. The molecule has 0 saturated carbocycles. The Morgan fingerprint density at radius 2 is 2.16 bits per heavy atom. The number of aromatic nitrogens is 1. The number of nitrogens with two attached hydrogens (primary N) is 1. The lowest BCUT2D eigenvalue weighted by Gasteiger charge is -2.40. The Kier molecular flexibility index (Phi) is 4.82. The lowest BCUT2D eigenvalue weighted by molar-refractivity contribution is 0.102. The molecule has 11 heteroatoms. The summed E-state index contributed by atoms with van der Waals surface area (Å²) < 4.78 is 32.9. The molecule has 3 N–H and O–H groups in total. The number of carbonyl (C=O) groups is 1. The molecule has 2 aromatic rings. The molecule has 160 valence electrons. The molecule has 1 aromatic carbocycles. The van der Waals surface area contributed by atoms with Gasteiger partial charge in [-0.15, -0.1) is 0 Å². The summed E-state index contributed by atoms with van der Waals surface area (Å²) in [6, 6.07) is 9.86. The summed E-state index contributed by atoms with van der Waals surface area (Å²) in [5.41, 5.74) is 6.16. The maximum absolute atomic E-state index is 13.0. The van der Waals surface area contributed by atoms with E-state index < -0.39 is 26.7 Å². The Hall–Kier alpha value is -3.65. The van der Waals surface area contributed by atoms with Gasteiger partial charge >= 0.3 is 0 Å². The summed E-state index contributed by atoms with van der Waals surface area (Å²) in [6.45, 7) is 1.91. The van der Waals surface area contributed by atoms with Crippen molar-refractivity contribution in [1.29, 1.82) is 5.26 Å². The number of guanidine groups is 1. The largest absolute Gasteiger partial charge is 0.493 e. The maximum atomic E-state index is 13.0. The molecule has 0 bridgehead atoms. The SMILES string of the molecule is CN1C(N)=N[C@]2(C)c3cc(NC(=O)c4ccc(C#N)cn4)ccc3OCC[C@H]2S1(=O)=O. The summed E-state index contributed by atoms with van der Waals surface area (Å²) in [4.78, 5) is 21.1. The Labute approximate surface area is 179 Å². The van der Waals surface area contributed by atoms with Crippen LogP contribution in [0.25, 0.3) is 0 Å². The van der Waals surface area contributed by atoms with Crippen LogP contribution >= 0.6 is 0 Å². The van der Waals surface area contributed by atoms with E-state index in [1.54, 1.807) is 25.1 Å². The first-order valence-electron chi connectivity index (χ1n) is 9.44. The Balaban J connectivity index is 1.73. The highest BCUT2D eigenvalue weighted by Gasteiger charge is 2.52. The standard InChI is InChI=1S/C20H20N6O4S/c1-20-14-9-13(24-18(27)15-5-3-12(10-21)11-23-15)4-6-16(14)30-8-7-17(20)31(28,29)26(2)19(22)25-20/h3-6,9,11,17H,7-8H2,1-2H3,(H2,22,25)(H,24,27)/t17-,20-/m1/s1. The molecular weight excluding hydrogens is 420 g/mol. The predicted molar refractivity (Wildman–Crippen MR) is 113 cm³/mol. The Morgan fingerprint density at radius 3 is 2.84 bits per heavy atom. The fraction of sp³-hybridized carbons (Fsp3) is 0.300. The minimum Gasteiger partial charge on any atom is -0.493 e. The van der Waals surface area contributed by atoms with E-state index in [0.717, 1.165) is 4.31 Å². The number of benzene rings is 1. The summed E-state index contributed by atoms with van der Waals surface area (Å²) in [5.74, 6) is -0.0988. The topological polar surface area (TPSA) is 151 Å². The molecule has 0 unspecified atom stereocenters. The highest BCUT2D eigenvalue weighted by molar-refractivity contribution is 7.90. The molecule has 2 atom stereocenters. The number of fused-ring (bicyclic) bond motifs is 3. The molecule has 1 aromatic heterocycles. The van der Waals surface area contributed by atoms with Gasteiger partial charge in [-0.3, -0.25) is 4.79 Å². The smallest absolute Gasteiger partial charge is 0.274 e. The van der Waals surface area contributed by atoms with Crippen LogP contribution < -0.4 is 15.8 Å². The number of pyridine rings is 1. The van der Waals surface area contributed by atoms with Crippen molar-refractivity contribution in [3.63, 3.8) is 0 Å². The molecule has 0 aliphatic carbocycles. The molecule has 2 aliphatic rings. The van der Waals surface area contributed by atoms with E-state index in [9.17, 15) is 13.2 Å². The Bertz CT molecular complexity index is 1240. The molecule has 0 saturated heterocycles. The van der Waals surface area contributed by atoms with Crippen molar-refractivity contribution < 1.29 is 17.9 Å². The van der Waals surface area contributed by atoms with E-state index in [0.29, 0.717) is 22.6 Å². The van der Waals surface area contributed by atoms with Crippen molar-refractivity contribution in [2.75, 3.05) is 19.0 Å². The third-order valence-electron chi connectivity index (χ3n) is 5.58. The van der Waals surface area contributed by atoms with E-state index in [1.807, 2.05) is 6.07 Å². The van der Waals surface area contributed by atoms with Crippen LogP contribution in [0.4, 0.5) is 5.69 Å². The van der Waals surface area contributed by atoms with E-state index in [1.165, 1.54) is 25.4 Å². The quantitative estimate of drug-likeness (QED) is 0.711. The molecule has 4 rings (SSSR count). The van der Waals surface area contributed by atoms with Gasteiger partial charge in [-0.2, -0.15) is 5.26 Å². The van der Waals surface area contributed by atoms with Crippen LogP contribution in [0.15, 0.2) is 41.5 Å². The number of carbonyl (C=O) groups excluding carboxylic acids is 1. The van der Waals surface area contributed by atoms with Gasteiger partial charge in [-0.1, -0.05) is 0 Å². The molecule has 0 fully saturated rings. The van der Waals surface area contributed by atoms with E-state index in [2.05, 4.69) is 15.3 Å². The van der Waals surface area contributed by atoms with Crippen molar-refractivity contribution in [3.8, 4) is 11.8 Å². The number of hydrogen-bond donors (Lipinski definition) is 2. The van der Waals surface area contributed by atoms with Crippen molar-refractivity contribution in [3.05, 3.63) is 53.3 Å². The van der Waals surface area contributed by atoms with Gasteiger partial charge in [-0.25, -0.2) is 22.7 Å². The summed E-state index contributed by atoms with van der Waals surface area (Å²) in [5, 5.41) is 10.7. The van der Waals surface area contributed by atoms with Crippen LogP contribution in [0.3, 0.4) is 0 Å². The normalized spacial score (nSPS) is 23.8. The van der Waals surface area contributed by atoms with Crippen LogP contribution in [0.1, 0.15) is 35.0 Å². The highest BCUT2D eigenvalue weighted by Crippen LogP contribution is 2.45. The Morgan fingerprint density at radius 1 is 1.39 bits per heavy atom. The first-order valence-corrected chi connectivity index (χ1v) is 10.9. The van der Waals surface area contributed by atoms with Gasteiger partial charge in [0.15, 0.2) is 0 Å². The van der Waals surface area contributed by atoms with Crippen molar-refractivity contribution >= 4 is 27.6 Å². The van der Waals surface area contributed by atoms with Crippen LogP contribution in [0.5, 0.6) is 5.75 Å². The number of nitrogens with one attached hydrogen (secondary N) is 1. The zero-order chi connectivity index (χ0) is 22.4. The monoisotopic (exact) mass is 440 g/mol. The summed E-state index contributed by atoms with van der Waals surface area (Å²) in [7, 11) is -2.37. The fourth-order valence-corrected chi connectivity index (χ4v) is 5.69. The molecular formula is C20H20N6O4S. The van der Waals surface area contributed by atoms with Crippen LogP contribution in [0, 0.1) is 11.3 Å². The number of aliphatic imine (C=N–C) groups is 1. The zero-order valence-electron chi connectivity index (χ0n) is 16.9. The second-order valence-corrected chi connectivity index (χ2v) is 9.61. The van der Waals surface area contributed by atoms with Crippen molar-refractivity contribution in [2.24, 2.45) is 10.7 Å². The van der Waals surface area contributed by atoms with Gasteiger partial charge in [0.1, 0.15) is 28.3 Å². The second kappa shape index (κ2) is 7.24. The average molecular weight is 440 g/mol. The van der Waals surface area contributed by atoms with E-state index in [4.69, 9.17) is 15.7 Å². The van der Waals surface area contributed by atoms with E-state index in [-0.39, 0.29) is 24.7 Å². The molecule has 31 heavy (non-hydrogen) atoms. The van der Waals surface area contributed by atoms with Gasteiger partial charge in [0.25, 0.3) is 5.91 Å². The van der Waals surface area contributed by atoms with Gasteiger partial charge in [-0.05, 0) is 37.3 Å². The molecule has 1 amide bonds. The predicted octanol–water partition coefficient (Wildman–Crippen LogP) is 1.16. The first kappa shape index (κ1) is 20.6. The summed E-state index contributed by atoms with van der Waals surface area (Å²) in [6.07, 6.45) is 1.55. The van der Waals surface area contributed by atoms with Crippen molar-refractivity contribution in [1.82, 2.24) is 9.29 Å². The van der Waals surface area contributed by atoms with E-state index >= 15 is 0 Å². The van der Waals surface area contributed by atoms with Crippen LogP contribution in [-0.4, -0.2) is 48.5 Å². The number of nitrogens with zero attached hydrogens (tertiary/aromatic N) is 4. The third kappa shape index (κ3) is 3.34. The van der Waals surface area contributed by atoms with Gasteiger partial charge < -0.3 is 15.8 Å². The number of anilines is 1. The maximum Gasteiger partial charge on any atom is 0.274 e. The number of nitriles is 1. The first-order chi connectivity index (χ1) is 14.7. The lowest BCUT2D eigenvalue weighted by atomic mass is 9.87.